The first-order chi connectivity index (χ1) is 10.4. The molecule has 8 heteroatoms. The van der Waals surface area contributed by atoms with Gasteiger partial charge in [0.2, 0.25) is 5.91 Å². The minimum Gasteiger partial charge on any atom is -0.465 e. The lowest BCUT2D eigenvalue weighted by Crippen LogP contribution is -2.28. The van der Waals surface area contributed by atoms with Crippen molar-refractivity contribution in [3.05, 3.63) is 22.3 Å². The Hall–Kier alpha value is -1.41. The number of aromatic nitrogens is 1. The second kappa shape index (κ2) is 7.23. The van der Waals surface area contributed by atoms with Gasteiger partial charge in [-0.1, -0.05) is 11.8 Å². The lowest BCUT2D eigenvalue weighted by atomic mass is 10.1. The van der Waals surface area contributed by atoms with Gasteiger partial charge in [0, 0.05) is 36.3 Å². The average Bonchev–Trinajstić information content (AvgIpc) is 2.85. The molecule has 1 aromatic heterocycles. The molecule has 1 atom stereocenters. The fourth-order valence-electron chi connectivity index (χ4n) is 2.24. The number of thioether (sulfide) groups is 1. The molecule has 22 heavy (non-hydrogen) atoms. The molecular formula is C14H15BrN2O4S. The van der Waals surface area contributed by atoms with Crippen LogP contribution in [0.3, 0.4) is 0 Å². The van der Waals surface area contributed by atoms with E-state index in [0.29, 0.717) is 29.0 Å². The second-order valence-electron chi connectivity index (χ2n) is 4.89. The van der Waals surface area contributed by atoms with Crippen molar-refractivity contribution in [2.75, 3.05) is 24.3 Å². The summed E-state index contributed by atoms with van der Waals surface area (Å²) >= 11 is 4.46. The van der Waals surface area contributed by atoms with Crippen LogP contribution in [-0.2, 0) is 14.3 Å². The van der Waals surface area contributed by atoms with Crippen molar-refractivity contribution in [1.29, 1.82) is 0 Å². The van der Waals surface area contributed by atoms with Crippen molar-refractivity contribution in [3.8, 4) is 0 Å². The smallest absolute Gasteiger partial charge is 0.341 e. The van der Waals surface area contributed by atoms with Crippen LogP contribution in [0.15, 0.2) is 16.7 Å². The number of carbonyl (C=O) groups is 3. The molecular weight excluding hydrogens is 372 g/mol. The third-order valence-electron chi connectivity index (χ3n) is 3.22. The van der Waals surface area contributed by atoms with Crippen molar-refractivity contribution in [1.82, 2.24) is 4.98 Å². The van der Waals surface area contributed by atoms with Crippen molar-refractivity contribution in [3.63, 3.8) is 0 Å². The summed E-state index contributed by atoms with van der Waals surface area (Å²) in [4.78, 5) is 40.8. The van der Waals surface area contributed by atoms with E-state index in [0.717, 1.165) is 0 Å². The lowest BCUT2D eigenvalue weighted by Gasteiger charge is -2.18. The molecule has 0 aliphatic carbocycles. The highest BCUT2D eigenvalue weighted by Gasteiger charge is 2.34. The summed E-state index contributed by atoms with van der Waals surface area (Å²) in [7, 11) is 1.28. The molecule has 1 saturated heterocycles. The number of carbonyl (C=O) groups excluding carboxylic acids is 3. The third kappa shape index (κ3) is 3.86. The van der Waals surface area contributed by atoms with Gasteiger partial charge in [-0.25, -0.2) is 9.78 Å². The predicted molar refractivity (Wildman–Crippen MR) is 86.9 cm³/mol. The molecule has 0 N–H and O–H groups in total. The van der Waals surface area contributed by atoms with Crippen LogP contribution in [-0.4, -0.2) is 41.4 Å². The Morgan fingerprint density at radius 1 is 1.55 bits per heavy atom. The number of methoxy groups -OCH3 is 1. The number of nitrogens with zero attached hydrogens (tertiary/aromatic N) is 2. The maximum Gasteiger partial charge on any atom is 0.341 e. The SMILES string of the molecule is COC(=O)c1cc(Br)cnc1N1CC(CSC(C)=O)CC1=O. The molecule has 0 spiro atoms. The van der Waals surface area contributed by atoms with Gasteiger partial charge in [0.25, 0.3) is 0 Å². The molecule has 6 nitrogen and oxygen atoms in total. The van der Waals surface area contributed by atoms with E-state index in [1.807, 2.05) is 0 Å². The van der Waals surface area contributed by atoms with E-state index >= 15 is 0 Å². The topological polar surface area (TPSA) is 76.6 Å². The summed E-state index contributed by atoms with van der Waals surface area (Å²) in [5.41, 5.74) is 0.241. The Bertz CT molecular complexity index is 623. The molecule has 1 unspecified atom stereocenters. The Balaban J connectivity index is 2.23. The number of hydrogen-bond acceptors (Lipinski definition) is 6. The highest BCUT2D eigenvalue weighted by Crippen LogP contribution is 2.30. The van der Waals surface area contributed by atoms with E-state index in [4.69, 9.17) is 4.74 Å². The molecule has 0 aromatic carbocycles. The fourth-order valence-corrected chi connectivity index (χ4v) is 3.27. The monoisotopic (exact) mass is 386 g/mol. The molecule has 1 fully saturated rings. The first-order valence-corrected chi connectivity index (χ1v) is 8.37. The zero-order valence-electron chi connectivity index (χ0n) is 12.2. The summed E-state index contributed by atoms with van der Waals surface area (Å²) in [5.74, 6) is 0.307. The van der Waals surface area contributed by atoms with Gasteiger partial charge in [0.05, 0.1) is 7.11 Å². The Morgan fingerprint density at radius 3 is 2.91 bits per heavy atom. The molecule has 1 amide bonds. The number of anilines is 1. The number of amides is 1. The molecule has 118 valence electrons. The molecule has 2 rings (SSSR count). The number of pyridine rings is 1. The minimum absolute atomic E-state index is 0.0305. The highest BCUT2D eigenvalue weighted by molar-refractivity contribution is 9.10. The molecule has 0 bridgehead atoms. The van der Waals surface area contributed by atoms with Gasteiger partial charge in [-0.05, 0) is 27.9 Å². The predicted octanol–water partition coefficient (Wildman–Crippen LogP) is 2.26. The summed E-state index contributed by atoms with van der Waals surface area (Å²) in [6.45, 7) is 1.95. The van der Waals surface area contributed by atoms with E-state index < -0.39 is 5.97 Å². The van der Waals surface area contributed by atoms with Gasteiger partial charge in [-0.3, -0.25) is 14.5 Å². The highest BCUT2D eigenvalue weighted by atomic mass is 79.9. The fraction of sp³-hybridized carbons (Fsp3) is 0.429. The van der Waals surface area contributed by atoms with Crippen LogP contribution in [0.5, 0.6) is 0 Å². The first-order valence-electron chi connectivity index (χ1n) is 6.60. The van der Waals surface area contributed by atoms with Gasteiger partial charge in [-0.15, -0.1) is 0 Å². The second-order valence-corrected chi connectivity index (χ2v) is 7.01. The summed E-state index contributed by atoms with van der Waals surface area (Å²) in [5, 5.41) is 0.0305. The third-order valence-corrected chi connectivity index (χ3v) is 4.70. The van der Waals surface area contributed by atoms with Crippen molar-refractivity contribution < 1.29 is 19.1 Å². The van der Waals surface area contributed by atoms with E-state index in [-0.39, 0.29) is 22.5 Å². The van der Waals surface area contributed by atoms with Gasteiger partial charge in [-0.2, -0.15) is 0 Å². The Kier molecular flexibility index (Phi) is 5.57. The summed E-state index contributed by atoms with van der Waals surface area (Å²) < 4.78 is 5.38. The Morgan fingerprint density at radius 2 is 2.27 bits per heavy atom. The normalized spacial score (nSPS) is 17.7. The molecule has 0 saturated carbocycles. The van der Waals surface area contributed by atoms with Crippen LogP contribution >= 0.6 is 27.7 Å². The van der Waals surface area contributed by atoms with Crippen LogP contribution in [0.1, 0.15) is 23.7 Å². The van der Waals surface area contributed by atoms with Crippen LogP contribution in [0.25, 0.3) is 0 Å². The van der Waals surface area contributed by atoms with Gasteiger partial charge < -0.3 is 4.74 Å². The van der Waals surface area contributed by atoms with Crippen molar-refractivity contribution in [2.45, 2.75) is 13.3 Å². The summed E-state index contributed by atoms with van der Waals surface area (Å²) in [6, 6.07) is 1.58. The minimum atomic E-state index is -0.543. The van der Waals surface area contributed by atoms with Crippen LogP contribution in [0, 0.1) is 5.92 Å². The van der Waals surface area contributed by atoms with Gasteiger partial charge >= 0.3 is 5.97 Å². The number of rotatable bonds is 4. The number of hydrogen-bond donors (Lipinski definition) is 0. The molecule has 1 aromatic rings. The molecule has 1 aliphatic rings. The number of halogens is 1. The maximum absolute atomic E-state index is 12.2. The van der Waals surface area contributed by atoms with Gasteiger partial charge in [0.15, 0.2) is 5.12 Å². The number of esters is 1. The van der Waals surface area contributed by atoms with E-state index in [1.54, 1.807) is 6.07 Å². The quantitative estimate of drug-likeness (QED) is 0.738. The average molecular weight is 387 g/mol. The van der Waals surface area contributed by atoms with Crippen LogP contribution in [0.2, 0.25) is 0 Å². The maximum atomic E-state index is 12.2. The standard InChI is InChI=1S/C14H15BrN2O4S/c1-8(18)22-7-9-3-12(19)17(6-9)13-11(14(20)21-2)4-10(15)5-16-13/h4-5,9H,3,6-7H2,1-2H3. The summed E-state index contributed by atoms with van der Waals surface area (Å²) in [6.07, 6.45) is 1.88. The zero-order valence-corrected chi connectivity index (χ0v) is 14.6. The lowest BCUT2D eigenvalue weighted by molar-refractivity contribution is -0.117. The molecule has 1 aliphatic heterocycles. The Labute approximate surface area is 140 Å². The number of ether oxygens (including phenoxy) is 1. The molecule has 2 heterocycles. The van der Waals surface area contributed by atoms with Crippen LogP contribution in [0.4, 0.5) is 5.82 Å². The van der Waals surface area contributed by atoms with E-state index in [1.165, 1.54) is 36.9 Å². The van der Waals surface area contributed by atoms with E-state index in [2.05, 4.69) is 20.9 Å². The zero-order chi connectivity index (χ0) is 16.3. The first kappa shape index (κ1) is 17.0. The van der Waals surface area contributed by atoms with Crippen LogP contribution < -0.4 is 4.90 Å². The van der Waals surface area contributed by atoms with E-state index in [9.17, 15) is 14.4 Å². The van der Waals surface area contributed by atoms with Gasteiger partial charge in [0.1, 0.15) is 11.4 Å². The largest absolute Gasteiger partial charge is 0.465 e. The van der Waals surface area contributed by atoms with Crippen molar-refractivity contribution >= 4 is 50.5 Å². The van der Waals surface area contributed by atoms with Crippen molar-refractivity contribution in [2.24, 2.45) is 5.92 Å². The molecule has 0 radical (unpaired) electrons.